The molecule has 3 rings (SSSR count). The van der Waals surface area contributed by atoms with Crippen LogP contribution in [-0.2, 0) is 31.9 Å². The molecule has 0 N–H and O–H groups in total. The van der Waals surface area contributed by atoms with Crippen molar-refractivity contribution >= 4 is 23.3 Å². The molecule has 38 heavy (non-hydrogen) atoms. The topological polar surface area (TPSA) is 52.6 Å². The first-order valence-electron chi connectivity index (χ1n) is 12.4. The molecule has 1 aromatic heterocycles. The summed E-state index contributed by atoms with van der Waals surface area (Å²) in [7, 11) is 0. The number of carbonyl (C=O) groups excluding carboxylic acids is 2. The lowest BCUT2D eigenvalue weighted by Gasteiger charge is -2.03. The van der Waals surface area contributed by atoms with Gasteiger partial charge in [-0.25, -0.2) is 9.59 Å². The number of hydrogen-bond donors (Lipinski definition) is 0. The first kappa shape index (κ1) is 28.3. The van der Waals surface area contributed by atoms with Crippen LogP contribution in [-0.4, -0.2) is 25.2 Å². The average Bonchev–Trinajstić information content (AvgIpc) is 3.30. The van der Waals surface area contributed by atoms with Crippen molar-refractivity contribution in [2.45, 2.75) is 32.6 Å². The zero-order chi connectivity index (χ0) is 27.2. The van der Waals surface area contributed by atoms with Crippen LogP contribution >= 0.6 is 11.3 Å². The Balaban J connectivity index is 1.52. The molecule has 1 heterocycles. The minimum absolute atomic E-state index is 0.328. The van der Waals surface area contributed by atoms with Gasteiger partial charge in [0.05, 0.1) is 23.0 Å². The van der Waals surface area contributed by atoms with E-state index >= 15 is 0 Å². The minimum Gasteiger partial charge on any atom is -0.463 e. The molecular weight excluding hydrogens is 492 g/mol. The highest BCUT2D eigenvalue weighted by Gasteiger charge is 2.02. The van der Waals surface area contributed by atoms with Gasteiger partial charge in [0.2, 0.25) is 0 Å². The molecule has 2 aromatic carbocycles. The van der Waals surface area contributed by atoms with Crippen LogP contribution in [0.5, 0.6) is 0 Å². The van der Waals surface area contributed by atoms with Crippen LogP contribution in [0.3, 0.4) is 0 Å². The normalized spacial score (nSPS) is 9.82. The third-order valence-electron chi connectivity index (χ3n) is 5.55. The number of aryl methyl sites for hydroxylation is 2. The summed E-state index contributed by atoms with van der Waals surface area (Å²) in [6.45, 7) is 9.57. The maximum Gasteiger partial charge on any atom is 0.330 e. The van der Waals surface area contributed by atoms with Crippen LogP contribution < -0.4 is 0 Å². The summed E-state index contributed by atoms with van der Waals surface area (Å²) in [6, 6.07) is 18.3. The molecule has 0 radical (unpaired) electrons. The molecule has 0 bridgehead atoms. The fraction of sp³-hybridized carbons (Fsp3) is 0.212. The van der Waals surface area contributed by atoms with Crippen molar-refractivity contribution in [2.75, 3.05) is 13.2 Å². The Bertz CT molecular complexity index is 1390. The Kier molecular flexibility index (Phi) is 11.2. The molecule has 3 aromatic rings. The molecule has 0 unspecified atom stereocenters. The Morgan fingerprint density at radius 1 is 0.763 bits per heavy atom. The van der Waals surface area contributed by atoms with Gasteiger partial charge in [0.15, 0.2) is 0 Å². The predicted molar refractivity (Wildman–Crippen MR) is 153 cm³/mol. The van der Waals surface area contributed by atoms with Gasteiger partial charge in [-0.3, -0.25) is 0 Å². The summed E-state index contributed by atoms with van der Waals surface area (Å²) in [5, 5.41) is 0. The number of thiophene rings is 1. The number of esters is 2. The summed E-state index contributed by atoms with van der Waals surface area (Å²) >= 11 is 1.59. The van der Waals surface area contributed by atoms with Gasteiger partial charge >= 0.3 is 11.9 Å². The zero-order valence-electron chi connectivity index (χ0n) is 21.5. The van der Waals surface area contributed by atoms with Crippen molar-refractivity contribution in [3.8, 4) is 23.7 Å². The molecule has 0 aliphatic carbocycles. The zero-order valence-corrected chi connectivity index (χ0v) is 22.4. The molecule has 5 heteroatoms. The fourth-order valence-electron chi connectivity index (χ4n) is 3.43. The van der Waals surface area contributed by atoms with Crippen molar-refractivity contribution in [3.05, 3.63) is 117 Å². The molecule has 0 spiro atoms. The lowest BCUT2D eigenvalue weighted by molar-refractivity contribution is -0.138. The number of unbranched alkanes of at least 4 members (excludes halogenated alkanes) is 1. The molecule has 0 amide bonds. The second-order valence-corrected chi connectivity index (χ2v) is 9.52. The molecule has 4 nitrogen and oxygen atoms in total. The molecule has 192 valence electrons. The molecule has 0 atom stereocenters. The van der Waals surface area contributed by atoms with Crippen molar-refractivity contribution in [3.63, 3.8) is 0 Å². The predicted octanol–water partition coefficient (Wildman–Crippen LogP) is 6.18. The second-order valence-electron chi connectivity index (χ2n) is 8.47. The van der Waals surface area contributed by atoms with E-state index in [1.54, 1.807) is 11.3 Å². The average molecular weight is 523 g/mol. The van der Waals surface area contributed by atoms with E-state index in [2.05, 4.69) is 62.0 Å². The number of ether oxygens (including phenoxy) is 2. The van der Waals surface area contributed by atoms with Crippen LogP contribution in [0.1, 0.15) is 50.4 Å². The van der Waals surface area contributed by atoms with E-state index in [1.165, 1.54) is 17.7 Å². The summed E-state index contributed by atoms with van der Waals surface area (Å²) in [5.41, 5.74) is 5.32. The maximum atomic E-state index is 11.1. The minimum atomic E-state index is -0.408. The molecule has 0 aliphatic heterocycles. The third-order valence-corrected chi connectivity index (χ3v) is 6.62. The lowest BCUT2D eigenvalue weighted by Crippen LogP contribution is -2.04. The van der Waals surface area contributed by atoms with Crippen molar-refractivity contribution in [2.24, 2.45) is 0 Å². The van der Waals surface area contributed by atoms with E-state index in [4.69, 9.17) is 9.47 Å². The Morgan fingerprint density at radius 2 is 1.32 bits per heavy atom. The maximum absolute atomic E-state index is 11.1. The molecule has 0 saturated heterocycles. The van der Waals surface area contributed by atoms with E-state index in [0.717, 1.165) is 51.3 Å². The quantitative estimate of drug-likeness (QED) is 0.138. The highest BCUT2D eigenvalue weighted by Crippen LogP contribution is 2.20. The van der Waals surface area contributed by atoms with Gasteiger partial charge in [-0.1, -0.05) is 61.1 Å². The van der Waals surface area contributed by atoms with Crippen molar-refractivity contribution in [1.29, 1.82) is 0 Å². The molecule has 0 saturated carbocycles. The smallest absolute Gasteiger partial charge is 0.330 e. The summed E-state index contributed by atoms with van der Waals surface area (Å²) in [5.74, 6) is 12.2. The summed E-state index contributed by atoms with van der Waals surface area (Å²) in [6.07, 6.45) is 5.70. The number of hydrogen-bond acceptors (Lipinski definition) is 5. The Hall–Kier alpha value is -4.32. The second kappa shape index (κ2) is 15.1. The van der Waals surface area contributed by atoms with E-state index in [-0.39, 0.29) is 5.97 Å². The molecule has 0 fully saturated rings. The van der Waals surface area contributed by atoms with Crippen LogP contribution in [0.2, 0.25) is 0 Å². The van der Waals surface area contributed by atoms with Gasteiger partial charge < -0.3 is 9.47 Å². The van der Waals surface area contributed by atoms with Crippen LogP contribution in [0.25, 0.3) is 0 Å². The Morgan fingerprint density at radius 3 is 1.92 bits per heavy atom. The van der Waals surface area contributed by atoms with E-state index < -0.39 is 5.97 Å². The van der Waals surface area contributed by atoms with E-state index in [0.29, 0.717) is 19.6 Å². The lowest BCUT2D eigenvalue weighted by atomic mass is 10.1. The number of rotatable bonds is 10. The third kappa shape index (κ3) is 9.62. The highest BCUT2D eigenvalue weighted by molar-refractivity contribution is 7.13. The molecule has 0 aliphatic rings. The highest BCUT2D eigenvalue weighted by atomic mass is 32.1. The van der Waals surface area contributed by atoms with Gasteiger partial charge in [0.1, 0.15) is 0 Å². The standard InChI is InChI=1S/C33H30O4S/c1-4-32(34)36-22-7-6-8-26-9-11-28(12-10-26)18-20-31-25(3)24-30(38-31)19-17-27-13-15-29(16-14-27)21-23-37-33(35)5-2/h4-5,9-16,24H,1-2,6-8,21-23H2,3H3. The van der Waals surface area contributed by atoms with Crippen molar-refractivity contribution < 1.29 is 19.1 Å². The van der Waals surface area contributed by atoms with Crippen LogP contribution in [0, 0.1) is 30.6 Å². The summed E-state index contributed by atoms with van der Waals surface area (Å²) < 4.78 is 10.0. The van der Waals surface area contributed by atoms with E-state index in [1.807, 2.05) is 36.4 Å². The number of carbonyl (C=O) groups is 2. The number of benzene rings is 2. The first-order chi connectivity index (χ1) is 18.5. The largest absolute Gasteiger partial charge is 0.463 e. The van der Waals surface area contributed by atoms with Gasteiger partial charge in [-0.15, -0.1) is 11.3 Å². The molecular formula is C33H30O4S. The van der Waals surface area contributed by atoms with Crippen molar-refractivity contribution in [1.82, 2.24) is 0 Å². The van der Waals surface area contributed by atoms with Crippen LogP contribution in [0.4, 0.5) is 0 Å². The monoisotopic (exact) mass is 522 g/mol. The van der Waals surface area contributed by atoms with Gasteiger partial charge in [0.25, 0.3) is 0 Å². The Labute approximate surface area is 229 Å². The van der Waals surface area contributed by atoms with E-state index in [9.17, 15) is 9.59 Å². The van der Waals surface area contributed by atoms with Gasteiger partial charge in [-0.05, 0) is 73.2 Å². The van der Waals surface area contributed by atoms with Gasteiger partial charge in [0, 0.05) is 29.7 Å². The first-order valence-corrected chi connectivity index (χ1v) is 13.2. The fourth-order valence-corrected chi connectivity index (χ4v) is 4.31. The SMILES string of the molecule is C=CC(=O)OCCCCc1ccc(C#Cc2sc(C#Cc3ccc(CCOC(=O)C=C)cc3)cc2C)cc1. The van der Waals surface area contributed by atoms with Crippen LogP contribution in [0.15, 0.2) is 79.9 Å². The van der Waals surface area contributed by atoms with Gasteiger partial charge in [-0.2, -0.15) is 0 Å². The summed E-state index contributed by atoms with van der Waals surface area (Å²) in [4.78, 5) is 24.2.